The fourth-order valence-electron chi connectivity index (χ4n) is 0.617. The van der Waals surface area contributed by atoms with Crippen LogP contribution in [0.1, 0.15) is 5.56 Å². The summed E-state index contributed by atoms with van der Waals surface area (Å²) in [4.78, 5) is 0. The molecule has 2 heteroatoms. The van der Waals surface area contributed by atoms with Gasteiger partial charge >= 0.3 is 0 Å². The van der Waals surface area contributed by atoms with Gasteiger partial charge in [-0.2, -0.15) is 0 Å². The highest BCUT2D eigenvalue weighted by Gasteiger charge is 1.94. The number of benzene rings is 1. The van der Waals surface area contributed by atoms with Crippen LogP contribution in [0.15, 0.2) is 18.2 Å². The van der Waals surface area contributed by atoms with Crippen LogP contribution in [0, 0.1) is 6.92 Å². The zero-order chi connectivity index (χ0) is 6.85. The lowest BCUT2D eigenvalue weighted by Gasteiger charge is -1.93. The van der Waals surface area contributed by atoms with Gasteiger partial charge in [-0.05, 0) is 30.7 Å². The van der Waals surface area contributed by atoms with E-state index in [0.717, 1.165) is 5.56 Å². The minimum absolute atomic E-state index is 0.0110. The quantitative estimate of drug-likeness (QED) is 0.530. The molecule has 0 spiro atoms. The maximum absolute atomic E-state index is 10.6. The molecule has 0 aliphatic heterocycles. The summed E-state index contributed by atoms with van der Waals surface area (Å²) in [5.41, 5.74) is 0.837. The van der Waals surface area contributed by atoms with E-state index in [4.69, 9.17) is 11.6 Å². The van der Waals surface area contributed by atoms with Crippen molar-refractivity contribution in [1.29, 1.82) is 0 Å². The number of aryl methyl sites for hydroxylation is 1. The van der Waals surface area contributed by atoms with E-state index in [1.54, 1.807) is 6.07 Å². The van der Waals surface area contributed by atoms with Gasteiger partial charge < -0.3 is 0 Å². The van der Waals surface area contributed by atoms with E-state index >= 15 is 0 Å². The van der Waals surface area contributed by atoms with Crippen molar-refractivity contribution in [2.45, 2.75) is 6.92 Å². The van der Waals surface area contributed by atoms with Gasteiger partial charge in [0.1, 0.15) is 0 Å². The van der Waals surface area contributed by atoms with Crippen molar-refractivity contribution in [3.63, 3.8) is 0 Å². The van der Waals surface area contributed by atoms with Crippen LogP contribution in [0.2, 0.25) is 5.02 Å². The van der Waals surface area contributed by atoms with Crippen molar-refractivity contribution in [1.82, 2.24) is 0 Å². The Morgan fingerprint density at radius 2 is 2.11 bits per heavy atom. The highest BCUT2D eigenvalue weighted by atomic mass is 35.5. The summed E-state index contributed by atoms with van der Waals surface area (Å²) in [6.45, 7) is 1.81. The monoisotopic (exact) mass is 141 g/mol. The molecule has 0 saturated heterocycles. The van der Waals surface area contributed by atoms with Gasteiger partial charge in [0.15, 0.2) is 5.75 Å². The first-order valence-corrected chi connectivity index (χ1v) is 3.01. The average Bonchev–Trinajstić information content (AvgIpc) is 1.80. The minimum atomic E-state index is 0.0110. The Kier molecular flexibility index (Phi) is 1.63. The van der Waals surface area contributed by atoms with Gasteiger partial charge in [0, 0.05) is 5.02 Å². The van der Waals surface area contributed by atoms with Crippen LogP contribution in [0.5, 0.6) is 5.75 Å². The van der Waals surface area contributed by atoms with Crippen molar-refractivity contribution in [3.8, 4) is 5.75 Å². The summed E-state index contributed by atoms with van der Waals surface area (Å²) in [5, 5.41) is 11.2. The number of hydrogen-bond donors (Lipinski definition) is 0. The Balaban J connectivity index is 3.17. The molecule has 47 valence electrons. The molecule has 1 aromatic rings. The molecular formula is C7H6ClO. The molecule has 0 aromatic heterocycles. The first-order valence-electron chi connectivity index (χ1n) is 2.63. The lowest BCUT2D eigenvalue weighted by Crippen LogP contribution is -1.71. The SMILES string of the molecule is Cc1cc([O])ccc1Cl. The minimum Gasteiger partial charge on any atom is -0.290 e. The average molecular weight is 142 g/mol. The second kappa shape index (κ2) is 2.28. The van der Waals surface area contributed by atoms with E-state index in [-0.39, 0.29) is 5.75 Å². The van der Waals surface area contributed by atoms with Gasteiger partial charge in [0.2, 0.25) is 0 Å². The van der Waals surface area contributed by atoms with Gasteiger partial charge in [-0.15, -0.1) is 0 Å². The summed E-state index contributed by atoms with van der Waals surface area (Å²) in [5.74, 6) is 0.0110. The first kappa shape index (κ1) is 6.43. The Labute approximate surface area is 58.9 Å². The zero-order valence-electron chi connectivity index (χ0n) is 5.02. The summed E-state index contributed by atoms with van der Waals surface area (Å²) in [6.07, 6.45) is 0. The highest BCUT2D eigenvalue weighted by Crippen LogP contribution is 2.19. The van der Waals surface area contributed by atoms with E-state index in [9.17, 15) is 5.11 Å². The van der Waals surface area contributed by atoms with E-state index in [2.05, 4.69) is 0 Å². The van der Waals surface area contributed by atoms with Crippen LogP contribution in [-0.4, -0.2) is 0 Å². The molecule has 0 fully saturated rings. The standard InChI is InChI=1S/C7H6ClO/c1-5-4-6(9)2-3-7(5)8/h2-4H,1H3. The number of hydrogen-bond acceptors (Lipinski definition) is 0. The Morgan fingerprint density at radius 1 is 1.44 bits per heavy atom. The molecule has 0 N–H and O–H groups in total. The molecule has 1 radical (unpaired) electrons. The van der Waals surface area contributed by atoms with E-state index < -0.39 is 0 Å². The van der Waals surface area contributed by atoms with Crippen molar-refractivity contribution >= 4 is 11.6 Å². The van der Waals surface area contributed by atoms with Gasteiger partial charge in [0.25, 0.3) is 0 Å². The van der Waals surface area contributed by atoms with Crippen LogP contribution in [0.25, 0.3) is 0 Å². The molecule has 0 amide bonds. The zero-order valence-corrected chi connectivity index (χ0v) is 5.77. The Hall–Kier alpha value is -0.690. The molecule has 0 bridgehead atoms. The highest BCUT2D eigenvalue weighted by molar-refractivity contribution is 6.31. The van der Waals surface area contributed by atoms with Crippen molar-refractivity contribution in [2.24, 2.45) is 0 Å². The second-order valence-corrected chi connectivity index (χ2v) is 2.32. The molecule has 0 atom stereocenters. The van der Waals surface area contributed by atoms with Crippen LogP contribution in [-0.2, 0) is 5.11 Å². The molecule has 0 saturated carbocycles. The molecule has 1 nitrogen and oxygen atoms in total. The normalized spacial score (nSPS) is 9.56. The van der Waals surface area contributed by atoms with E-state index in [1.165, 1.54) is 12.1 Å². The molecule has 0 unspecified atom stereocenters. The van der Waals surface area contributed by atoms with E-state index in [0.29, 0.717) is 5.02 Å². The Bertz CT molecular complexity index is 220. The van der Waals surface area contributed by atoms with Crippen LogP contribution < -0.4 is 0 Å². The van der Waals surface area contributed by atoms with Crippen molar-refractivity contribution in [3.05, 3.63) is 28.8 Å². The smallest absolute Gasteiger partial charge is 0.179 e. The largest absolute Gasteiger partial charge is 0.290 e. The molecular weight excluding hydrogens is 136 g/mol. The maximum atomic E-state index is 10.6. The third-order valence-electron chi connectivity index (χ3n) is 1.13. The van der Waals surface area contributed by atoms with Gasteiger partial charge in [-0.3, -0.25) is 5.11 Å². The molecule has 1 aromatic carbocycles. The summed E-state index contributed by atoms with van der Waals surface area (Å²) < 4.78 is 0. The van der Waals surface area contributed by atoms with E-state index in [1.807, 2.05) is 6.92 Å². The fourth-order valence-corrected chi connectivity index (χ4v) is 0.735. The third kappa shape index (κ3) is 1.36. The van der Waals surface area contributed by atoms with Gasteiger partial charge in [-0.1, -0.05) is 11.6 Å². The third-order valence-corrected chi connectivity index (χ3v) is 1.55. The molecule has 0 heterocycles. The molecule has 1 rings (SSSR count). The van der Waals surface area contributed by atoms with Crippen molar-refractivity contribution in [2.75, 3.05) is 0 Å². The summed E-state index contributed by atoms with van der Waals surface area (Å²) in [7, 11) is 0. The summed E-state index contributed by atoms with van der Waals surface area (Å²) >= 11 is 5.64. The lowest BCUT2D eigenvalue weighted by atomic mass is 10.2. The number of halogens is 1. The van der Waals surface area contributed by atoms with Gasteiger partial charge in [-0.25, -0.2) is 0 Å². The maximum Gasteiger partial charge on any atom is 0.179 e. The second-order valence-electron chi connectivity index (χ2n) is 1.91. The van der Waals surface area contributed by atoms with Crippen LogP contribution in [0.4, 0.5) is 0 Å². The molecule has 9 heavy (non-hydrogen) atoms. The number of rotatable bonds is 0. The predicted octanol–water partition coefficient (Wildman–Crippen LogP) is 2.79. The summed E-state index contributed by atoms with van der Waals surface area (Å²) in [6, 6.07) is 4.58. The molecule has 0 aliphatic carbocycles. The van der Waals surface area contributed by atoms with Crippen LogP contribution in [0.3, 0.4) is 0 Å². The fraction of sp³-hybridized carbons (Fsp3) is 0.143. The predicted molar refractivity (Wildman–Crippen MR) is 36.3 cm³/mol. The lowest BCUT2D eigenvalue weighted by molar-refractivity contribution is 0.354. The van der Waals surface area contributed by atoms with Crippen molar-refractivity contribution < 1.29 is 5.11 Å². The Morgan fingerprint density at radius 3 is 2.56 bits per heavy atom. The topological polar surface area (TPSA) is 19.9 Å². The van der Waals surface area contributed by atoms with Gasteiger partial charge in [0.05, 0.1) is 0 Å². The van der Waals surface area contributed by atoms with Crippen LogP contribution >= 0.6 is 11.6 Å². The molecule has 0 aliphatic rings. The first-order chi connectivity index (χ1) is 4.20.